The molecule has 0 aromatic rings. The lowest BCUT2D eigenvalue weighted by molar-refractivity contribution is -0.282. The Labute approximate surface area is 489 Å². The molecular weight excluding hydrogens is 1160 g/mol. The summed E-state index contributed by atoms with van der Waals surface area (Å²) in [5.74, 6) is -3.09. The van der Waals surface area contributed by atoms with Crippen LogP contribution >= 0.6 is 15.4 Å². The van der Waals surface area contributed by atoms with Crippen molar-refractivity contribution < 1.29 is 131 Å². The highest BCUT2D eigenvalue weighted by Crippen LogP contribution is 2.50. The number of amides is 3. The van der Waals surface area contributed by atoms with Crippen molar-refractivity contribution in [2.45, 2.75) is 209 Å². The number of carbonyl (C=O) groups is 3. The molecule has 3 amide bonds. The summed E-state index contributed by atoms with van der Waals surface area (Å²) in [6.45, 7) is 6.97. The number of nitrogens with zero attached hydrogens (tertiary/aromatic N) is 3. The van der Waals surface area contributed by atoms with Gasteiger partial charge in [0.25, 0.3) is 0 Å². The Morgan fingerprint density at radius 2 is 0.881 bits per heavy atom. The number of aliphatic hydroxyl groups excluding tert-OH is 10. The molecule has 84 heavy (non-hydrogen) atoms. The van der Waals surface area contributed by atoms with E-state index in [-0.39, 0.29) is 128 Å². The van der Waals surface area contributed by atoms with Crippen LogP contribution in [-0.2, 0) is 74.8 Å². The van der Waals surface area contributed by atoms with Gasteiger partial charge >= 0.3 is 15.4 Å². The minimum Gasteiger partial charge on any atom is -0.394 e. The Morgan fingerprint density at radius 3 is 1.27 bits per heavy atom. The first-order chi connectivity index (χ1) is 39.7. The summed E-state index contributed by atoms with van der Waals surface area (Å²) in [6, 6.07) is -2.20. The van der Waals surface area contributed by atoms with Crippen LogP contribution in [0.5, 0.6) is 0 Å². The zero-order valence-electron chi connectivity index (χ0n) is 48.7. The lowest BCUT2D eigenvalue weighted by atomic mass is 9.92. The van der Waals surface area contributed by atoms with E-state index >= 15 is 0 Å². The molecule has 488 valence electrons. The summed E-state index contributed by atoms with van der Waals surface area (Å²) in [6.07, 6.45) is -16.3. The van der Waals surface area contributed by atoms with Crippen molar-refractivity contribution in [1.29, 1.82) is 0 Å². The SMILES string of the molecule is CC(C)OC[C@@H]1C[C@@H](OP(=O)(O)OC[C@@H]2C[C@@H](OP(C)(=O)OC[C@@H]3C[C@@H](O)CN3C(=O)CCCO[C@@H]3OC(CO)[C@H](O)[C@H](O)C3C)CN2C(=O)CCCO[C@@H]2OC(CO)[C@H](O)[C@H](O)C2C)CN1C(=O)CCCO[C@@H]1OC(CO)[C@H](O)[C@H](O)C1C. The van der Waals surface area contributed by atoms with Gasteiger partial charge < -0.3 is 113 Å². The molecule has 0 aromatic carbocycles. The highest BCUT2D eigenvalue weighted by Gasteiger charge is 2.47. The maximum Gasteiger partial charge on any atom is 0.472 e. The van der Waals surface area contributed by atoms with E-state index in [9.17, 15) is 79.5 Å². The second-order valence-electron chi connectivity index (χ2n) is 23.2. The molecule has 0 spiro atoms. The largest absolute Gasteiger partial charge is 0.472 e. The second kappa shape index (κ2) is 32.6. The summed E-state index contributed by atoms with van der Waals surface area (Å²) >= 11 is 0. The van der Waals surface area contributed by atoms with Gasteiger partial charge in [0, 0.05) is 63.3 Å². The Balaban J connectivity index is 1.03. The average Bonchev–Trinajstić information content (AvgIpc) is 4.32. The van der Waals surface area contributed by atoms with Crippen molar-refractivity contribution in [2.75, 3.05) is 85.8 Å². The van der Waals surface area contributed by atoms with Gasteiger partial charge in [-0.15, -0.1) is 0 Å². The van der Waals surface area contributed by atoms with Crippen LogP contribution in [0.1, 0.15) is 92.4 Å². The first-order valence-corrected chi connectivity index (χ1v) is 32.6. The zero-order valence-corrected chi connectivity index (χ0v) is 50.5. The van der Waals surface area contributed by atoms with Gasteiger partial charge in [-0.05, 0) is 52.4 Å². The maximum atomic E-state index is 14.0. The lowest BCUT2D eigenvalue weighted by Gasteiger charge is -2.40. The van der Waals surface area contributed by atoms with E-state index in [1.165, 1.54) is 21.4 Å². The first-order valence-electron chi connectivity index (χ1n) is 29.1. The summed E-state index contributed by atoms with van der Waals surface area (Å²) in [7, 11) is -8.94. The molecule has 6 heterocycles. The summed E-state index contributed by atoms with van der Waals surface area (Å²) in [5, 5.41) is 101. The van der Waals surface area contributed by atoms with Gasteiger partial charge in [0.1, 0.15) is 36.6 Å². The minimum atomic E-state index is -4.94. The molecule has 6 aliphatic heterocycles. The van der Waals surface area contributed by atoms with E-state index in [4.69, 9.17) is 51.3 Å². The number of phosphoric acid groups is 1. The monoisotopic (exact) mass is 1250 g/mol. The van der Waals surface area contributed by atoms with Crippen LogP contribution in [0.25, 0.3) is 0 Å². The molecule has 32 heteroatoms. The third-order valence-corrected chi connectivity index (χ3v) is 18.6. The molecule has 0 radical (unpaired) electrons. The molecule has 0 aliphatic carbocycles. The molecule has 6 aliphatic rings. The van der Waals surface area contributed by atoms with E-state index < -0.39 is 176 Å². The highest BCUT2D eigenvalue weighted by molar-refractivity contribution is 7.53. The van der Waals surface area contributed by atoms with E-state index in [1.54, 1.807) is 20.8 Å². The van der Waals surface area contributed by atoms with Crippen LogP contribution in [0.15, 0.2) is 0 Å². The van der Waals surface area contributed by atoms with Crippen molar-refractivity contribution in [3.63, 3.8) is 0 Å². The van der Waals surface area contributed by atoms with E-state index in [0.29, 0.717) is 0 Å². The number of likely N-dealkylation sites (tertiary alicyclic amines) is 3. The van der Waals surface area contributed by atoms with Crippen molar-refractivity contribution >= 4 is 33.1 Å². The fourth-order valence-electron chi connectivity index (χ4n) is 11.3. The number of carbonyl (C=O) groups excluding carboxylic acids is 3. The number of rotatable bonds is 31. The standard InChI is InChI=1S/C52H93N3O27P2/c1-28(2)75-25-33-17-37(21-54(33)42(61)11-8-14-73-51-30(4)45(64)48(67)39(23-57)79-51)82-84(70,71)77-27-34-18-36(20-55(34)43(62)12-9-15-74-52-31(5)46(65)49(68)40(24-58)80-52)81-83(6,69)76-26-32-16-35(59)19-53(32)41(60)10-7-13-72-50-29(3)44(63)47(66)38(22-56)78-50/h28-40,44-52,56-59,63-68H,7-27H2,1-6H3,(H,70,71)/t29?,30?,31?,32-,33-,34-,35+,36+,37+,38?,39?,40?,44+,45+,46+,47-,48-,49-,50+,51+,52+,83?/m0/s1. The molecule has 23 atom stereocenters. The molecule has 0 bridgehead atoms. The molecule has 8 unspecified atom stereocenters. The minimum absolute atomic E-state index is 0.0129. The first kappa shape index (κ1) is 71.1. The average molecular weight is 1250 g/mol. The van der Waals surface area contributed by atoms with Crippen molar-refractivity contribution in [1.82, 2.24) is 14.7 Å². The fraction of sp³-hybridized carbons (Fsp3) is 0.942. The zero-order chi connectivity index (χ0) is 61.8. The Morgan fingerprint density at radius 1 is 0.524 bits per heavy atom. The summed E-state index contributed by atoms with van der Waals surface area (Å²) in [5.41, 5.74) is 0. The van der Waals surface area contributed by atoms with Gasteiger partial charge in [-0.25, -0.2) is 4.57 Å². The molecule has 6 rings (SSSR count). The summed E-state index contributed by atoms with van der Waals surface area (Å²) in [4.78, 5) is 56.5. The maximum absolute atomic E-state index is 14.0. The van der Waals surface area contributed by atoms with Crippen LogP contribution in [0.3, 0.4) is 0 Å². The van der Waals surface area contributed by atoms with E-state index in [2.05, 4.69) is 0 Å². The number of β-amino-alcohol motifs (C(OH)–C–C–N with tert-alkyl or cyclic N) is 1. The molecule has 11 N–H and O–H groups in total. The van der Waals surface area contributed by atoms with Gasteiger partial charge in [0.15, 0.2) is 18.9 Å². The highest BCUT2D eigenvalue weighted by atomic mass is 31.2. The van der Waals surface area contributed by atoms with Crippen LogP contribution in [-0.4, -0.2) is 290 Å². The van der Waals surface area contributed by atoms with Gasteiger partial charge in [0.05, 0.1) is 120 Å². The molecule has 6 saturated heterocycles. The Kier molecular flexibility index (Phi) is 27.6. The van der Waals surface area contributed by atoms with Crippen molar-refractivity contribution in [3.05, 3.63) is 0 Å². The topological polar surface area (TPSA) is 419 Å². The number of phosphoric ester groups is 1. The van der Waals surface area contributed by atoms with Crippen LogP contribution in [0.2, 0.25) is 0 Å². The molecule has 0 saturated carbocycles. The molecule has 6 fully saturated rings. The predicted octanol–water partition coefficient (Wildman–Crippen LogP) is -2.08. The fourth-order valence-corrected chi connectivity index (χ4v) is 13.5. The molecular formula is C52H93N3O27P2. The number of hydrogen-bond donors (Lipinski definition) is 11. The normalized spacial score (nSPS) is 38.1. The van der Waals surface area contributed by atoms with Crippen LogP contribution in [0, 0.1) is 17.8 Å². The Hall–Kier alpha value is -2.01. The number of ether oxygens (including phenoxy) is 7. The lowest BCUT2D eigenvalue weighted by Crippen LogP contribution is -2.55. The van der Waals surface area contributed by atoms with E-state index in [0.717, 1.165) is 0 Å². The third kappa shape index (κ3) is 19.5. The molecule has 0 aromatic heterocycles. The number of hydrogen-bond acceptors (Lipinski definition) is 26. The van der Waals surface area contributed by atoms with Crippen molar-refractivity contribution in [3.8, 4) is 0 Å². The van der Waals surface area contributed by atoms with Gasteiger partial charge in [-0.3, -0.25) is 28.0 Å². The molecule has 30 nitrogen and oxygen atoms in total. The quantitative estimate of drug-likeness (QED) is 0.0262. The smallest absolute Gasteiger partial charge is 0.394 e. The van der Waals surface area contributed by atoms with Crippen LogP contribution < -0.4 is 0 Å². The van der Waals surface area contributed by atoms with Crippen molar-refractivity contribution in [2.24, 2.45) is 17.8 Å². The van der Waals surface area contributed by atoms with E-state index in [1.807, 2.05) is 13.8 Å². The van der Waals surface area contributed by atoms with Gasteiger partial charge in [-0.1, -0.05) is 20.8 Å². The van der Waals surface area contributed by atoms with Crippen LogP contribution in [0.4, 0.5) is 0 Å². The Bertz CT molecular complexity index is 2160. The summed E-state index contributed by atoms with van der Waals surface area (Å²) < 4.78 is 90.9. The second-order valence-corrected chi connectivity index (χ2v) is 26.7. The van der Waals surface area contributed by atoms with Gasteiger partial charge in [-0.2, -0.15) is 0 Å². The number of aliphatic hydroxyl groups is 10. The van der Waals surface area contributed by atoms with Gasteiger partial charge in [0.2, 0.25) is 17.7 Å². The third-order valence-electron chi connectivity index (χ3n) is 16.3. The predicted molar refractivity (Wildman–Crippen MR) is 289 cm³/mol.